The number of benzene rings is 2. The Morgan fingerprint density at radius 3 is 2.58 bits per heavy atom. The highest BCUT2D eigenvalue weighted by molar-refractivity contribution is 5.79. The van der Waals surface area contributed by atoms with Gasteiger partial charge in [-0.2, -0.15) is 0 Å². The number of carbonyl (C=O) groups is 1. The summed E-state index contributed by atoms with van der Waals surface area (Å²) in [6, 6.07) is 15.3. The smallest absolute Gasteiger partial charge is 0.261 e. The average Bonchev–Trinajstić information content (AvgIpc) is 2.65. The van der Waals surface area contributed by atoms with E-state index in [1.165, 1.54) is 16.5 Å². The summed E-state index contributed by atoms with van der Waals surface area (Å²) in [7, 11) is 0. The molecule has 5 nitrogen and oxygen atoms in total. The van der Waals surface area contributed by atoms with Crippen molar-refractivity contribution in [2.45, 2.75) is 33.4 Å². The van der Waals surface area contributed by atoms with E-state index in [2.05, 4.69) is 4.98 Å². The Morgan fingerprint density at radius 1 is 1.12 bits per heavy atom. The van der Waals surface area contributed by atoms with Crippen molar-refractivity contribution in [3.05, 3.63) is 76.3 Å². The van der Waals surface area contributed by atoms with Crippen molar-refractivity contribution in [2.24, 2.45) is 0 Å². The Labute approximate surface area is 152 Å². The Kier molecular flexibility index (Phi) is 5.46. The molecule has 0 atom stereocenters. The highest BCUT2D eigenvalue weighted by Gasteiger charge is 2.15. The van der Waals surface area contributed by atoms with E-state index in [1.807, 2.05) is 44.2 Å². The Bertz CT molecular complexity index is 961. The van der Waals surface area contributed by atoms with Gasteiger partial charge in [0.2, 0.25) is 5.91 Å². The summed E-state index contributed by atoms with van der Waals surface area (Å²) >= 11 is 0. The summed E-state index contributed by atoms with van der Waals surface area (Å²) in [6.45, 7) is 5.28. The molecule has 3 rings (SSSR count). The predicted molar refractivity (Wildman–Crippen MR) is 103 cm³/mol. The molecule has 0 fully saturated rings. The van der Waals surface area contributed by atoms with E-state index in [9.17, 15) is 9.59 Å². The lowest BCUT2D eigenvalue weighted by Crippen LogP contribution is -2.36. The summed E-state index contributed by atoms with van der Waals surface area (Å²) in [5, 5.41) is 0.531. The number of fused-ring (bicyclic) bond motifs is 1. The van der Waals surface area contributed by atoms with Gasteiger partial charge in [0, 0.05) is 13.1 Å². The molecule has 0 aliphatic carbocycles. The monoisotopic (exact) mass is 349 g/mol. The van der Waals surface area contributed by atoms with E-state index in [0.717, 1.165) is 12.0 Å². The molecule has 0 saturated heterocycles. The van der Waals surface area contributed by atoms with Gasteiger partial charge in [0.05, 0.1) is 17.2 Å². The number of para-hydroxylation sites is 1. The maximum absolute atomic E-state index is 12.8. The fourth-order valence-electron chi connectivity index (χ4n) is 2.94. The van der Waals surface area contributed by atoms with E-state index < -0.39 is 0 Å². The van der Waals surface area contributed by atoms with Crippen molar-refractivity contribution < 1.29 is 4.79 Å². The first-order valence-corrected chi connectivity index (χ1v) is 8.86. The van der Waals surface area contributed by atoms with Crippen molar-refractivity contribution in [3.63, 3.8) is 0 Å². The first kappa shape index (κ1) is 17.9. The molecule has 0 bridgehead atoms. The minimum absolute atomic E-state index is 0.00251. The molecular weight excluding hydrogens is 326 g/mol. The van der Waals surface area contributed by atoms with Crippen LogP contribution in [-0.4, -0.2) is 26.9 Å². The van der Waals surface area contributed by atoms with Gasteiger partial charge in [0.1, 0.15) is 6.54 Å². The van der Waals surface area contributed by atoms with Gasteiger partial charge in [-0.25, -0.2) is 4.98 Å². The zero-order valence-electron chi connectivity index (χ0n) is 15.2. The average molecular weight is 349 g/mol. The van der Waals surface area contributed by atoms with Crippen LogP contribution in [0.2, 0.25) is 0 Å². The molecule has 0 spiro atoms. The Hall–Kier alpha value is -2.95. The highest BCUT2D eigenvalue weighted by Crippen LogP contribution is 2.09. The van der Waals surface area contributed by atoms with Crippen LogP contribution in [0.4, 0.5) is 0 Å². The number of amides is 1. The van der Waals surface area contributed by atoms with Crippen molar-refractivity contribution in [1.29, 1.82) is 0 Å². The number of aromatic nitrogens is 2. The topological polar surface area (TPSA) is 55.2 Å². The van der Waals surface area contributed by atoms with Gasteiger partial charge in [-0.15, -0.1) is 0 Å². The highest BCUT2D eigenvalue weighted by atomic mass is 16.2. The van der Waals surface area contributed by atoms with Crippen molar-refractivity contribution >= 4 is 16.8 Å². The van der Waals surface area contributed by atoms with Crippen LogP contribution >= 0.6 is 0 Å². The molecule has 1 heterocycles. The third kappa shape index (κ3) is 3.99. The summed E-state index contributed by atoms with van der Waals surface area (Å²) in [6.07, 6.45) is 2.32. The SMILES string of the molecule is CCCN(Cc1ccc(C)cc1)C(=O)Cn1cnc2ccccc2c1=O. The third-order valence-corrected chi connectivity index (χ3v) is 4.38. The van der Waals surface area contributed by atoms with Crippen molar-refractivity contribution in [1.82, 2.24) is 14.5 Å². The second-order valence-corrected chi connectivity index (χ2v) is 6.50. The third-order valence-electron chi connectivity index (χ3n) is 4.38. The van der Waals surface area contributed by atoms with E-state index >= 15 is 0 Å². The van der Waals surface area contributed by atoms with E-state index in [1.54, 1.807) is 23.1 Å². The van der Waals surface area contributed by atoms with Gasteiger partial charge in [-0.1, -0.05) is 48.9 Å². The van der Waals surface area contributed by atoms with Gasteiger partial charge in [0.15, 0.2) is 0 Å². The van der Waals surface area contributed by atoms with Crippen LogP contribution in [0.15, 0.2) is 59.7 Å². The van der Waals surface area contributed by atoms with Crippen LogP contribution in [0, 0.1) is 6.92 Å². The zero-order valence-corrected chi connectivity index (χ0v) is 15.2. The lowest BCUT2D eigenvalue weighted by Gasteiger charge is -2.23. The largest absolute Gasteiger partial charge is 0.337 e. The first-order valence-electron chi connectivity index (χ1n) is 8.86. The second-order valence-electron chi connectivity index (χ2n) is 6.50. The number of nitrogens with zero attached hydrogens (tertiary/aromatic N) is 3. The van der Waals surface area contributed by atoms with Crippen molar-refractivity contribution in [3.8, 4) is 0 Å². The van der Waals surface area contributed by atoms with Gasteiger partial charge in [0.25, 0.3) is 5.56 Å². The molecule has 0 aliphatic heterocycles. The summed E-state index contributed by atoms with van der Waals surface area (Å²) < 4.78 is 1.39. The molecule has 3 aromatic rings. The maximum atomic E-state index is 12.8. The summed E-state index contributed by atoms with van der Waals surface area (Å²) in [5.74, 6) is -0.0772. The van der Waals surface area contributed by atoms with Crippen LogP contribution in [0.1, 0.15) is 24.5 Å². The lowest BCUT2D eigenvalue weighted by molar-refractivity contribution is -0.132. The molecule has 1 aromatic heterocycles. The van der Waals surface area contributed by atoms with Gasteiger partial charge in [-0.3, -0.25) is 14.2 Å². The number of carbonyl (C=O) groups excluding carboxylic acids is 1. The zero-order chi connectivity index (χ0) is 18.5. The molecule has 134 valence electrons. The first-order chi connectivity index (χ1) is 12.6. The molecule has 0 saturated carbocycles. The molecule has 5 heteroatoms. The van der Waals surface area contributed by atoms with Crippen LogP contribution in [0.25, 0.3) is 10.9 Å². The van der Waals surface area contributed by atoms with Crippen LogP contribution in [0.5, 0.6) is 0 Å². The maximum Gasteiger partial charge on any atom is 0.261 e. The molecular formula is C21H23N3O2. The van der Waals surface area contributed by atoms with E-state index in [-0.39, 0.29) is 18.0 Å². The molecule has 0 N–H and O–H groups in total. The minimum atomic E-state index is -0.185. The van der Waals surface area contributed by atoms with Crippen molar-refractivity contribution in [2.75, 3.05) is 6.54 Å². The quantitative estimate of drug-likeness (QED) is 0.687. The second kappa shape index (κ2) is 7.95. The van der Waals surface area contributed by atoms with Crippen LogP contribution in [0.3, 0.4) is 0 Å². The van der Waals surface area contributed by atoms with E-state index in [0.29, 0.717) is 24.0 Å². The fourth-order valence-corrected chi connectivity index (χ4v) is 2.94. The molecule has 26 heavy (non-hydrogen) atoms. The normalized spacial score (nSPS) is 10.8. The fraction of sp³-hybridized carbons (Fsp3) is 0.286. The van der Waals surface area contributed by atoms with Crippen LogP contribution < -0.4 is 5.56 Å². The number of rotatable bonds is 6. The van der Waals surface area contributed by atoms with Gasteiger partial charge < -0.3 is 4.90 Å². The predicted octanol–water partition coefficient (Wildman–Crippen LogP) is 3.14. The standard InChI is InChI=1S/C21H23N3O2/c1-3-12-23(13-17-10-8-16(2)9-11-17)20(25)14-24-15-22-19-7-5-4-6-18(19)21(24)26/h4-11,15H,3,12-14H2,1-2H3. The molecule has 0 unspecified atom stereocenters. The lowest BCUT2D eigenvalue weighted by atomic mass is 10.1. The summed E-state index contributed by atoms with van der Waals surface area (Å²) in [4.78, 5) is 31.5. The summed E-state index contributed by atoms with van der Waals surface area (Å²) in [5.41, 5.74) is 2.74. The molecule has 1 amide bonds. The van der Waals surface area contributed by atoms with Gasteiger partial charge >= 0.3 is 0 Å². The minimum Gasteiger partial charge on any atom is -0.337 e. The number of hydrogen-bond donors (Lipinski definition) is 0. The molecule has 2 aromatic carbocycles. The number of hydrogen-bond acceptors (Lipinski definition) is 3. The van der Waals surface area contributed by atoms with Gasteiger partial charge in [-0.05, 0) is 31.0 Å². The molecule has 0 radical (unpaired) electrons. The Morgan fingerprint density at radius 2 is 1.85 bits per heavy atom. The number of aryl methyl sites for hydroxylation is 1. The van der Waals surface area contributed by atoms with Crippen LogP contribution in [-0.2, 0) is 17.9 Å². The Balaban J connectivity index is 1.80. The van der Waals surface area contributed by atoms with E-state index in [4.69, 9.17) is 0 Å². The molecule has 0 aliphatic rings.